The van der Waals surface area contributed by atoms with Crippen molar-refractivity contribution >= 4 is 5.91 Å². The van der Waals surface area contributed by atoms with Gasteiger partial charge in [-0.05, 0) is 43.4 Å². The number of nitrogens with zero attached hydrogens (tertiary/aromatic N) is 1. The minimum Gasteiger partial charge on any atom is -0.497 e. The molecule has 19 heavy (non-hydrogen) atoms. The monoisotopic (exact) mass is 261 g/mol. The van der Waals surface area contributed by atoms with Crippen LogP contribution in [0.4, 0.5) is 0 Å². The fraction of sp³-hybridized carbons (Fsp3) is 0.562. The van der Waals surface area contributed by atoms with Crippen LogP contribution < -0.4 is 4.74 Å². The highest BCUT2D eigenvalue weighted by Gasteiger charge is 2.24. The van der Waals surface area contributed by atoms with E-state index in [2.05, 4.69) is 11.8 Å². The molecule has 1 unspecified atom stereocenters. The maximum Gasteiger partial charge on any atom is 0.227 e. The number of methoxy groups -OCH3 is 1. The molecule has 0 spiro atoms. The maximum absolute atomic E-state index is 12.4. The molecule has 1 aliphatic heterocycles. The summed E-state index contributed by atoms with van der Waals surface area (Å²) in [6.07, 6.45) is 5.12. The summed E-state index contributed by atoms with van der Waals surface area (Å²) in [5, 5.41) is 0. The zero-order valence-electron chi connectivity index (χ0n) is 11.9. The Morgan fingerprint density at radius 1 is 1.32 bits per heavy atom. The third kappa shape index (κ3) is 3.49. The number of likely N-dealkylation sites (tertiary alicyclic amines) is 1. The largest absolute Gasteiger partial charge is 0.497 e. The number of amides is 1. The third-order valence-corrected chi connectivity index (χ3v) is 3.93. The standard InChI is InChI=1S/C16H23NO2/c1-3-14-6-4-5-11-17(14)16(18)12-13-7-9-15(19-2)10-8-13/h7-10,14H,3-6,11-12H2,1-2H3. The second-order valence-electron chi connectivity index (χ2n) is 5.17. The number of piperidine rings is 1. The van der Waals surface area contributed by atoms with Gasteiger partial charge in [0.05, 0.1) is 13.5 Å². The van der Waals surface area contributed by atoms with Gasteiger partial charge in [-0.1, -0.05) is 19.1 Å². The second kappa shape index (κ2) is 6.60. The fourth-order valence-corrected chi connectivity index (χ4v) is 2.77. The van der Waals surface area contributed by atoms with E-state index in [9.17, 15) is 4.79 Å². The van der Waals surface area contributed by atoms with Crippen LogP contribution in [0.2, 0.25) is 0 Å². The van der Waals surface area contributed by atoms with Crippen molar-refractivity contribution in [2.45, 2.75) is 45.1 Å². The molecule has 0 radical (unpaired) electrons. The summed E-state index contributed by atoms with van der Waals surface area (Å²) in [4.78, 5) is 14.5. The van der Waals surface area contributed by atoms with Crippen molar-refractivity contribution in [1.29, 1.82) is 0 Å². The van der Waals surface area contributed by atoms with Crippen LogP contribution in [0.15, 0.2) is 24.3 Å². The van der Waals surface area contributed by atoms with Crippen LogP contribution in [0.1, 0.15) is 38.2 Å². The number of carbonyl (C=O) groups is 1. The Balaban J connectivity index is 1.98. The lowest BCUT2D eigenvalue weighted by atomic mass is 9.99. The Hall–Kier alpha value is -1.51. The average Bonchev–Trinajstić information content (AvgIpc) is 2.48. The highest BCUT2D eigenvalue weighted by molar-refractivity contribution is 5.79. The lowest BCUT2D eigenvalue weighted by molar-refractivity contribution is -0.134. The zero-order valence-corrected chi connectivity index (χ0v) is 11.9. The predicted octanol–water partition coefficient (Wildman–Crippen LogP) is 3.03. The molecule has 0 N–H and O–H groups in total. The van der Waals surface area contributed by atoms with Gasteiger partial charge in [-0.3, -0.25) is 4.79 Å². The predicted molar refractivity (Wildman–Crippen MR) is 76.3 cm³/mol. The van der Waals surface area contributed by atoms with Crippen LogP contribution in [0.3, 0.4) is 0 Å². The first kappa shape index (κ1) is 13.9. The molecule has 0 aromatic heterocycles. The van der Waals surface area contributed by atoms with E-state index in [1.807, 2.05) is 24.3 Å². The van der Waals surface area contributed by atoms with Crippen LogP contribution in [0.25, 0.3) is 0 Å². The molecule has 0 saturated carbocycles. The molecular formula is C16H23NO2. The molecule has 1 aliphatic rings. The molecule has 0 aliphatic carbocycles. The SMILES string of the molecule is CCC1CCCCN1C(=O)Cc1ccc(OC)cc1. The van der Waals surface area contributed by atoms with Gasteiger partial charge in [0, 0.05) is 12.6 Å². The van der Waals surface area contributed by atoms with Crippen LogP contribution in [0.5, 0.6) is 5.75 Å². The number of hydrogen-bond donors (Lipinski definition) is 0. The van der Waals surface area contributed by atoms with E-state index in [0.29, 0.717) is 12.5 Å². The molecule has 3 nitrogen and oxygen atoms in total. The van der Waals surface area contributed by atoms with E-state index in [4.69, 9.17) is 4.74 Å². The van der Waals surface area contributed by atoms with E-state index in [1.165, 1.54) is 6.42 Å². The van der Waals surface area contributed by atoms with E-state index >= 15 is 0 Å². The summed E-state index contributed by atoms with van der Waals surface area (Å²) in [6.45, 7) is 3.09. The Morgan fingerprint density at radius 3 is 2.68 bits per heavy atom. The molecule has 1 fully saturated rings. The molecule has 3 heteroatoms. The Kier molecular flexibility index (Phi) is 4.83. The van der Waals surface area contributed by atoms with Crippen molar-refractivity contribution in [2.24, 2.45) is 0 Å². The lowest BCUT2D eigenvalue weighted by Gasteiger charge is -2.35. The van der Waals surface area contributed by atoms with Crippen molar-refractivity contribution in [3.05, 3.63) is 29.8 Å². The highest BCUT2D eigenvalue weighted by atomic mass is 16.5. The van der Waals surface area contributed by atoms with E-state index in [1.54, 1.807) is 7.11 Å². The molecule has 0 bridgehead atoms. The maximum atomic E-state index is 12.4. The summed E-state index contributed by atoms with van der Waals surface area (Å²) in [5.41, 5.74) is 1.06. The lowest BCUT2D eigenvalue weighted by Crippen LogP contribution is -2.44. The first-order chi connectivity index (χ1) is 9.24. The van der Waals surface area contributed by atoms with Crippen molar-refractivity contribution in [1.82, 2.24) is 4.90 Å². The normalized spacial score (nSPS) is 19.3. The molecule has 1 atom stereocenters. The molecule has 104 valence electrons. The third-order valence-electron chi connectivity index (χ3n) is 3.93. The van der Waals surface area contributed by atoms with Gasteiger partial charge in [0.25, 0.3) is 0 Å². The number of ether oxygens (including phenoxy) is 1. The molecule has 1 aromatic carbocycles. The van der Waals surface area contributed by atoms with Crippen molar-refractivity contribution in [3.63, 3.8) is 0 Å². The molecule has 1 aromatic rings. The van der Waals surface area contributed by atoms with Gasteiger partial charge in [-0.25, -0.2) is 0 Å². The van der Waals surface area contributed by atoms with Gasteiger partial charge in [0.2, 0.25) is 5.91 Å². The van der Waals surface area contributed by atoms with Gasteiger partial charge in [0.1, 0.15) is 5.75 Å². The van der Waals surface area contributed by atoms with Gasteiger partial charge >= 0.3 is 0 Å². The van der Waals surface area contributed by atoms with Gasteiger partial charge in [0.15, 0.2) is 0 Å². The van der Waals surface area contributed by atoms with Crippen LogP contribution in [0, 0.1) is 0 Å². The first-order valence-electron chi connectivity index (χ1n) is 7.17. The Morgan fingerprint density at radius 2 is 2.05 bits per heavy atom. The van der Waals surface area contributed by atoms with Crippen LogP contribution in [-0.2, 0) is 11.2 Å². The van der Waals surface area contributed by atoms with Gasteiger partial charge < -0.3 is 9.64 Å². The molecule has 1 saturated heterocycles. The summed E-state index contributed by atoms with van der Waals surface area (Å²) in [7, 11) is 1.65. The van der Waals surface area contributed by atoms with Gasteiger partial charge in [-0.2, -0.15) is 0 Å². The van der Waals surface area contributed by atoms with Crippen molar-refractivity contribution in [2.75, 3.05) is 13.7 Å². The number of hydrogen-bond acceptors (Lipinski definition) is 2. The molecule has 1 amide bonds. The quantitative estimate of drug-likeness (QED) is 0.833. The molecule has 2 rings (SSSR count). The number of benzene rings is 1. The van der Waals surface area contributed by atoms with Gasteiger partial charge in [-0.15, -0.1) is 0 Å². The average molecular weight is 261 g/mol. The van der Waals surface area contributed by atoms with Crippen molar-refractivity contribution in [3.8, 4) is 5.75 Å². The van der Waals surface area contributed by atoms with Crippen LogP contribution in [-0.4, -0.2) is 30.5 Å². The first-order valence-corrected chi connectivity index (χ1v) is 7.17. The number of carbonyl (C=O) groups excluding carboxylic acids is 1. The highest BCUT2D eigenvalue weighted by Crippen LogP contribution is 2.21. The fourth-order valence-electron chi connectivity index (χ4n) is 2.77. The summed E-state index contributed by atoms with van der Waals surface area (Å²) in [6, 6.07) is 8.22. The number of rotatable bonds is 4. The minimum absolute atomic E-state index is 0.261. The second-order valence-corrected chi connectivity index (χ2v) is 5.17. The smallest absolute Gasteiger partial charge is 0.227 e. The molecular weight excluding hydrogens is 238 g/mol. The Bertz CT molecular complexity index is 413. The van der Waals surface area contributed by atoms with E-state index in [0.717, 1.165) is 37.1 Å². The summed E-state index contributed by atoms with van der Waals surface area (Å²) in [5.74, 6) is 1.09. The minimum atomic E-state index is 0.261. The van der Waals surface area contributed by atoms with Crippen molar-refractivity contribution < 1.29 is 9.53 Å². The zero-order chi connectivity index (χ0) is 13.7. The molecule has 1 heterocycles. The topological polar surface area (TPSA) is 29.5 Å². The summed E-state index contributed by atoms with van der Waals surface area (Å²) >= 11 is 0. The van der Waals surface area contributed by atoms with E-state index < -0.39 is 0 Å². The summed E-state index contributed by atoms with van der Waals surface area (Å²) < 4.78 is 5.13. The van der Waals surface area contributed by atoms with Crippen LogP contribution >= 0.6 is 0 Å². The van der Waals surface area contributed by atoms with E-state index in [-0.39, 0.29) is 5.91 Å². The Labute approximate surface area is 115 Å².